The molecule has 0 atom stereocenters. The first-order valence-corrected chi connectivity index (χ1v) is 10.9. The smallest absolute Gasteiger partial charge is 0.424 e. The van der Waals surface area contributed by atoms with Crippen LogP contribution >= 0.6 is 0 Å². The number of nitrogens with zero attached hydrogens (tertiary/aromatic N) is 1. The average Bonchev–Trinajstić information content (AvgIpc) is 3.16. The second-order valence-electron chi connectivity index (χ2n) is 7.83. The molecule has 0 saturated heterocycles. The Morgan fingerprint density at radius 2 is 1.44 bits per heavy atom. The zero-order valence-corrected chi connectivity index (χ0v) is 18.5. The minimum Gasteiger partial charge on any atom is -0.452 e. The van der Waals surface area contributed by atoms with Gasteiger partial charge in [0.1, 0.15) is 11.5 Å². The summed E-state index contributed by atoms with van der Waals surface area (Å²) in [5.41, 5.74) is 3.73. The van der Waals surface area contributed by atoms with E-state index in [0.717, 1.165) is 11.1 Å². The lowest BCUT2D eigenvalue weighted by molar-refractivity contribution is 0.101. The fourth-order valence-corrected chi connectivity index (χ4v) is 3.78. The lowest BCUT2D eigenvalue weighted by Gasteiger charge is -2.22. The summed E-state index contributed by atoms with van der Waals surface area (Å²) in [5, 5.41) is 0. The molecule has 1 amide bonds. The number of amides is 1. The van der Waals surface area contributed by atoms with E-state index >= 15 is 0 Å². The molecule has 0 radical (unpaired) electrons. The van der Waals surface area contributed by atoms with Crippen molar-refractivity contribution in [1.82, 2.24) is 0 Å². The molecule has 4 aromatic rings. The highest BCUT2D eigenvalue weighted by Gasteiger charge is 2.29. The van der Waals surface area contributed by atoms with Crippen LogP contribution in [0.4, 0.5) is 16.2 Å². The molecule has 34 heavy (non-hydrogen) atoms. The normalized spacial score (nSPS) is 13.3. The van der Waals surface area contributed by atoms with Crippen molar-refractivity contribution in [3.8, 4) is 11.5 Å². The summed E-state index contributed by atoms with van der Waals surface area (Å²) in [4.78, 5) is 27.5. The summed E-state index contributed by atoms with van der Waals surface area (Å²) in [7, 11) is 0. The first-order chi connectivity index (χ1) is 16.6. The second kappa shape index (κ2) is 9.08. The van der Waals surface area contributed by atoms with Gasteiger partial charge in [-0.1, -0.05) is 60.7 Å². The number of fused-ring (bicyclic) bond motifs is 1. The number of benzene rings is 4. The molecule has 0 unspecified atom stereocenters. The zero-order chi connectivity index (χ0) is 23.5. The molecule has 0 bridgehead atoms. The Bertz CT molecular complexity index is 1350. The molecule has 1 heterocycles. The molecule has 0 spiro atoms. The van der Waals surface area contributed by atoms with E-state index in [4.69, 9.17) is 9.47 Å². The lowest BCUT2D eigenvalue weighted by atomic mass is 10.1. The zero-order valence-electron chi connectivity index (χ0n) is 18.5. The van der Waals surface area contributed by atoms with E-state index in [1.54, 1.807) is 24.3 Å². The van der Waals surface area contributed by atoms with Crippen LogP contribution in [0.1, 0.15) is 21.5 Å². The first-order valence-electron chi connectivity index (χ1n) is 10.9. The predicted molar refractivity (Wildman–Crippen MR) is 132 cm³/mol. The van der Waals surface area contributed by atoms with E-state index in [-0.39, 0.29) is 17.3 Å². The van der Waals surface area contributed by atoms with Crippen molar-refractivity contribution in [2.75, 3.05) is 4.90 Å². The van der Waals surface area contributed by atoms with Crippen molar-refractivity contribution < 1.29 is 19.1 Å². The van der Waals surface area contributed by atoms with Crippen LogP contribution in [0.25, 0.3) is 6.08 Å². The van der Waals surface area contributed by atoms with Crippen LogP contribution in [0.3, 0.4) is 0 Å². The maximum atomic E-state index is 13.2. The third-order valence-electron chi connectivity index (χ3n) is 5.53. The maximum absolute atomic E-state index is 13.2. The molecule has 0 saturated carbocycles. The summed E-state index contributed by atoms with van der Waals surface area (Å²) >= 11 is 0. The van der Waals surface area contributed by atoms with Gasteiger partial charge in [-0.2, -0.15) is 0 Å². The number of allylic oxidation sites excluding steroid dienone is 1. The lowest BCUT2D eigenvalue weighted by Crippen LogP contribution is -2.29. The quantitative estimate of drug-likeness (QED) is 0.318. The van der Waals surface area contributed by atoms with E-state index in [1.807, 2.05) is 91.9 Å². The van der Waals surface area contributed by atoms with Gasteiger partial charge in [-0.05, 0) is 60.5 Å². The number of aryl methyl sites for hydroxylation is 1. The largest absolute Gasteiger partial charge is 0.452 e. The molecule has 166 valence electrons. The van der Waals surface area contributed by atoms with E-state index in [0.29, 0.717) is 22.7 Å². The van der Waals surface area contributed by atoms with Crippen LogP contribution in [0.5, 0.6) is 11.5 Å². The highest BCUT2D eigenvalue weighted by atomic mass is 16.6. The van der Waals surface area contributed by atoms with Crippen molar-refractivity contribution in [3.63, 3.8) is 0 Å². The van der Waals surface area contributed by atoms with Crippen LogP contribution in [0.15, 0.2) is 109 Å². The molecular formula is C29H21NO4. The summed E-state index contributed by atoms with van der Waals surface area (Å²) < 4.78 is 11.5. The standard InChI is InChI=1S/C29H21NO4/c1-20-10-8-9-11-21(20)18-27-28(31)25-17-16-24(19-26(25)34-27)33-29(32)30(22-12-4-2-5-13-22)23-14-6-3-7-15-23/h2-19H,1H3. The number of hydrogen-bond donors (Lipinski definition) is 0. The number of carbonyl (C=O) groups excluding carboxylic acids is 2. The third-order valence-corrected chi connectivity index (χ3v) is 5.53. The Labute approximate surface area is 197 Å². The molecule has 5 rings (SSSR count). The van der Waals surface area contributed by atoms with Gasteiger partial charge in [-0.3, -0.25) is 4.79 Å². The number of rotatable bonds is 4. The van der Waals surface area contributed by atoms with Crippen molar-refractivity contribution >= 4 is 29.3 Å². The Kier molecular flexibility index (Phi) is 5.67. The highest BCUT2D eigenvalue weighted by molar-refractivity contribution is 6.14. The number of anilines is 2. The molecule has 4 aromatic carbocycles. The summed E-state index contributed by atoms with van der Waals surface area (Å²) in [6.07, 6.45) is 1.16. The van der Waals surface area contributed by atoms with E-state index < -0.39 is 6.09 Å². The van der Waals surface area contributed by atoms with Crippen molar-refractivity contribution in [3.05, 3.63) is 126 Å². The van der Waals surface area contributed by atoms with Gasteiger partial charge in [0.15, 0.2) is 5.76 Å². The van der Waals surface area contributed by atoms with E-state index in [2.05, 4.69) is 0 Å². The topological polar surface area (TPSA) is 55.8 Å². The molecule has 5 heteroatoms. The Hall–Kier alpha value is -4.64. The van der Waals surface area contributed by atoms with Crippen LogP contribution in [-0.2, 0) is 0 Å². The SMILES string of the molecule is Cc1ccccc1C=C1Oc2cc(OC(=O)N(c3ccccc3)c3ccccc3)ccc2C1=O. The van der Waals surface area contributed by atoms with Gasteiger partial charge in [0, 0.05) is 6.07 Å². The highest BCUT2D eigenvalue weighted by Crippen LogP contribution is 2.36. The van der Waals surface area contributed by atoms with E-state index in [1.165, 1.54) is 4.90 Å². The van der Waals surface area contributed by atoms with Crippen LogP contribution in [-0.4, -0.2) is 11.9 Å². The van der Waals surface area contributed by atoms with Gasteiger partial charge in [0.2, 0.25) is 5.78 Å². The number of ketones is 1. The van der Waals surface area contributed by atoms with Gasteiger partial charge < -0.3 is 9.47 Å². The second-order valence-corrected chi connectivity index (χ2v) is 7.83. The molecule has 1 aliphatic rings. The third kappa shape index (κ3) is 4.19. The molecule has 0 aliphatic carbocycles. The van der Waals surface area contributed by atoms with E-state index in [9.17, 15) is 9.59 Å². The van der Waals surface area contributed by atoms with Crippen LogP contribution in [0, 0.1) is 6.92 Å². The fraction of sp³-hybridized carbons (Fsp3) is 0.0345. The van der Waals surface area contributed by atoms with Crippen LogP contribution in [0.2, 0.25) is 0 Å². The number of carbonyl (C=O) groups is 2. The Morgan fingerprint density at radius 1 is 0.824 bits per heavy atom. The molecular weight excluding hydrogens is 426 g/mol. The Balaban J connectivity index is 1.41. The molecule has 5 nitrogen and oxygen atoms in total. The van der Waals surface area contributed by atoms with Gasteiger partial charge in [0.25, 0.3) is 0 Å². The molecule has 1 aliphatic heterocycles. The van der Waals surface area contributed by atoms with Gasteiger partial charge in [-0.15, -0.1) is 0 Å². The summed E-state index contributed by atoms with van der Waals surface area (Å²) in [5.74, 6) is 0.681. The maximum Gasteiger partial charge on any atom is 0.424 e. The number of ether oxygens (including phenoxy) is 2. The summed E-state index contributed by atoms with van der Waals surface area (Å²) in [6, 6.07) is 31.1. The molecule has 0 aromatic heterocycles. The van der Waals surface area contributed by atoms with Gasteiger partial charge >= 0.3 is 6.09 Å². The monoisotopic (exact) mass is 447 g/mol. The van der Waals surface area contributed by atoms with Crippen molar-refractivity contribution in [1.29, 1.82) is 0 Å². The number of para-hydroxylation sites is 2. The minimum atomic E-state index is -0.572. The van der Waals surface area contributed by atoms with Crippen LogP contribution < -0.4 is 14.4 Å². The molecule has 0 fully saturated rings. The number of hydrogen-bond acceptors (Lipinski definition) is 4. The molecule has 0 N–H and O–H groups in total. The summed E-state index contributed by atoms with van der Waals surface area (Å²) in [6.45, 7) is 1.97. The Morgan fingerprint density at radius 3 is 2.09 bits per heavy atom. The minimum absolute atomic E-state index is 0.202. The van der Waals surface area contributed by atoms with Gasteiger partial charge in [-0.25, -0.2) is 9.69 Å². The fourth-order valence-electron chi connectivity index (χ4n) is 3.78. The average molecular weight is 447 g/mol. The predicted octanol–water partition coefficient (Wildman–Crippen LogP) is 6.95. The van der Waals surface area contributed by atoms with Crippen molar-refractivity contribution in [2.45, 2.75) is 6.92 Å². The number of Topliss-reactive ketones (excluding diaryl/α,β-unsaturated/α-hetero) is 1. The van der Waals surface area contributed by atoms with Crippen molar-refractivity contribution in [2.24, 2.45) is 0 Å². The van der Waals surface area contributed by atoms with Gasteiger partial charge in [0.05, 0.1) is 16.9 Å². The first kappa shape index (κ1) is 21.2.